The van der Waals surface area contributed by atoms with Gasteiger partial charge in [0.05, 0.1) is 0 Å². The Morgan fingerprint density at radius 2 is 1.67 bits per heavy atom. The summed E-state index contributed by atoms with van der Waals surface area (Å²) in [7, 11) is 0. The van der Waals surface area contributed by atoms with Gasteiger partial charge in [0, 0.05) is 12.6 Å². The summed E-state index contributed by atoms with van der Waals surface area (Å²) in [6.07, 6.45) is 5.81. The van der Waals surface area contributed by atoms with Crippen molar-refractivity contribution in [1.29, 1.82) is 0 Å². The van der Waals surface area contributed by atoms with E-state index in [1.807, 2.05) is 0 Å². The summed E-state index contributed by atoms with van der Waals surface area (Å²) in [5.74, 6) is -1.20. The number of hydrogen-bond donors (Lipinski definition) is 2. The normalized spacial score (nSPS) is 18.5. The lowest BCUT2D eigenvalue weighted by Gasteiger charge is -2.33. The second-order valence-corrected chi connectivity index (χ2v) is 6.03. The van der Waals surface area contributed by atoms with Gasteiger partial charge in [-0.05, 0) is 31.6 Å². The Labute approximate surface area is 124 Å². The van der Waals surface area contributed by atoms with Crippen LogP contribution in [-0.2, 0) is 9.59 Å². The molecule has 2 aliphatic carbocycles. The van der Waals surface area contributed by atoms with Crippen molar-refractivity contribution in [1.82, 2.24) is 9.80 Å². The first-order valence-electron chi connectivity index (χ1n) is 7.53. The molecule has 0 aliphatic heterocycles. The Morgan fingerprint density at radius 1 is 1.05 bits per heavy atom. The number of urea groups is 1. The van der Waals surface area contributed by atoms with Crippen LogP contribution in [-0.4, -0.2) is 58.5 Å². The van der Waals surface area contributed by atoms with Crippen molar-refractivity contribution < 1.29 is 19.5 Å². The van der Waals surface area contributed by atoms with Gasteiger partial charge < -0.3 is 20.6 Å². The lowest BCUT2D eigenvalue weighted by Crippen LogP contribution is -2.52. The lowest BCUT2D eigenvalue weighted by atomic mass is 10.2. The third-order valence-electron chi connectivity index (χ3n) is 4.11. The average molecular weight is 297 g/mol. The van der Waals surface area contributed by atoms with Gasteiger partial charge in [-0.15, -0.1) is 0 Å². The Kier molecular flexibility index (Phi) is 5.03. The third kappa shape index (κ3) is 4.61. The van der Waals surface area contributed by atoms with Gasteiger partial charge in [-0.2, -0.15) is 0 Å². The van der Waals surface area contributed by atoms with Crippen LogP contribution in [0.5, 0.6) is 0 Å². The predicted octanol–water partition coefficient (Wildman–Crippen LogP) is 0.633. The molecule has 0 spiro atoms. The van der Waals surface area contributed by atoms with Crippen molar-refractivity contribution in [2.24, 2.45) is 11.7 Å². The molecule has 2 fully saturated rings. The first-order valence-corrected chi connectivity index (χ1v) is 7.53. The minimum atomic E-state index is -1.03. The molecule has 0 aromatic carbocycles. The topological polar surface area (TPSA) is 104 Å². The van der Waals surface area contributed by atoms with Crippen LogP contribution in [0.25, 0.3) is 0 Å². The van der Waals surface area contributed by atoms with Crippen molar-refractivity contribution >= 4 is 17.9 Å². The number of amides is 3. The molecule has 2 rings (SSSR count). The summed E-state index contributed by atoms with van der Waals surface area (Å²) in [5.41, 5.74) is 5.25. The van der Waals surface area contributed by atoms with Crippen LogP contribution < -0.4 is 5.73 Å². The van der Waals surface area contributed by atoms with E-state index in [2.05, 4.69) is 0 Å². The van der Waals surface area contributed by atoms with Crippen LogP contribution >= 0.6 is 0 Å². The number of nitrogens with two attached hydrogens (primary N) is 1. The molecule has 0 bridgehead atoms. The van der Waals surface area contributed by atoms with Crippen LogP contribution in [0.4, 0.5) is 4.79 Å². The summed E-state index contributed by atoms with van der Waals surface area (Å²) in [5, 5.41) is 8.99. The monoisotopic (exact) mass is 297 g/mol. The van der Waals surface area contributed by atoms with E-state index in [9.17, 15) is 14.4 Å². The number of carbonyl (C=O) groups is 3. The Bertz CT molecular complexity index is 416. The fourth-order valence-corrected chi connectivity index (χ4v) is 2.90. The standard InChI is InChI=1S/C14H23N3O4/c15-12(18)8-17(11-3-1-2-4-11)14(21)16(9-13(19)20)7-10-5-6-10/h10-11H,1-9H2,(H2,15,18)(H,19,20). The zero-order chi connectivity index (χ0) is 15.4. The summed E-state index contributed by atoms with van der Waals surface area (Å²) in [6, 6.07) is -0.365. The van der Waals surface area contributed by atoms with E-state index >= 15 is 0 Å². The number of carbonyl (C=O) groups excluding carboxylic acids is 2. The van der Waals surface area contributed by atoms with Gasteiger partial charge in [-0.1, -0.05) is 12.8 Å². The van der Waals surface area contributed by atoms with Crippen molar-refractivity contribution in [3.8, 4) is 0 Å². The molecule has 21 heavy (non-hydrogen) atoms. The molecule has 3 amide bonds. The second-order valence-electron chi connectivity index (χ2n) is 6.03. The molecule has 118 valence electrons. The van der Waals surface area contributed by atoms with Gasteiger partial charge >= 0.3 is 12.0 Å². The summed E-state index contributed by atoms with van der Waals surface area (Å²) >= 11 is 0. The minimum Gasteiger partial charge on any atom is -0.480 e. The van der Waals surface area contributed by atoms with Gasteiger partial charge in [-0.3, -0.25) is 9.59 Å². The molecule has 0 aromatic rings. The molecule has 0 saturated heterocycles. The Morgan fingerprint density at radius 3 is 2.14 bits per heavy atom. The van der Waals surface area contributed by atoms with Gasteiger partial charge in [0.2, 0.25) is 5.91 Å². The molecule has 7 heteroatoms. The highest BCUT2D eigenvalue weighted by Crippen LogP contribution is 2.31. The number of hydrogen-bond acceptors (Lipinski definition) is 3. The third-order valence-corrected chi connectivity index (χ3v) is 4.11. The molecule has 0 aromatic heterocycles. The van der Waals surface area contributed by atoms with E-state index in [0.717, 1.165) is 38.5 Å². The van der Waals surface area contributed by atoms with Crippen molar-refractivity contribution in [2.75, 3.05) is 19.6 Å². The van der Waals surface area contributed by atoms with Crippen LogP contribution in [0.2, 0.25) is 0 Å². The first kappa shape index (κ1) is 15.6. The molecule has 2 saturated carbocycles. The fourth-order valence-electron chi connectivity index (χ4n) is 2.90. The maximum Gasteiger partial charge on any atom is 0.323 e. The van der Waals surface area contributed by atoms with Crippen molar-refractivity contribution in [2.45, 2.75) is 44.6 Å². The van der Waals surface area contributed by atoms with Gasteiger partial charge in [-0.25, -0.2) is 4.79 Å². The van der Waals surface area contributed by atoms with E-state index in [4.69, 9.17) is 10.8 Å². The van der Waals surface area contributed by atoms with E-state index in [0.29, 0.717) is 12.5 Å². The van der Waals surface area contributed by atoms with Crippen LogP contribution in [0, 0.1) is 5.92 Å². The number of nitrogens with zero attached hydrogens (tertiary/aromatic N) is 2. The zero-order valence-electron chi connectivity index (χ0n) is 12.2. The molecule has 3 N–H and O–H groups in total. The van der Waals surface area contributed by atoms with E-state index in [1.165, 1.54) is 9.80 Å². The van der Waals surface area contributed by atoms with E-state index in [-0.39, 0.29) is 25.2 Å². The fraction of sp³-hybridized carbons (Fsp3) is 0.786. The zero-order valence-corrected chi connectivity index (χ0v) is 12.2. The van der Waals surface area contributed by atoms with Crippen molar-refractivity contribution in [3.63, 3.8) is 0 Å². The predicted molar refractivity (Wildman–Crippen MR) is 75.5 cm³/mol. The van der Waals surface area contributed by atoms with Crippen LogP contribution in [0.15, 0.2) is 0 Å². The van der Waals surface area contributed by atoms with E-state index < -0.39 is 11.9 Å². The molecular formula is C14H23N3O4. The van der Waals surface area contributed by atoms with Gasteiger partial charge in [0.25, 0.3) is 0 Å². The molecule has 0 unspecified atom stereocenters. The molecule has 2 aliphatic rings. The summed E-state index contributed by atoms with van der Waals surface area (Å²) in [4.78, 5) is 37.7. The molecule has 0 atom stereocenters. The number of primary amides is 1. The molecule has 0 radical (unpaired) electrons. The minimum absolute atomic E-state index is 0.000461. The Hall–Kier alpha value is -1.79. The maximum absolute atomic E-state index is 12.6. The smallest absolute Gasteiger partial charge is 0.323 e. The quantitative estimate of drug-likeness (QED) is 0.719. The van der Waals surface area contributed by atoms with Crippen molar-refractivity contribution in [3.05, 3.63) is 0 Å². The molecule has 0 heterocycles. The Balaban J connectivity index is 2.07. The lowest BCUT2D eigenvalue weighted by molar-refractivity contribution is -0.137. The SMILES string of the molecule is NC(=O)CN(C(=O)N(CC(=O)O)CC1CC1)C1CCCC1. The van der Waals surface area contributed by atoms with Crippen LogP contribution in [0.1, 0.15) is 38.5 Å². The number of carboxylic acids is 1. The first-order chi connectivity index (χ1) is 9.97. The highest BCUT2D eigenvalue weighted by atomic mass is 16.4. The molecule has 7 nitrogen and oxygen atoms in total. The largest absolute Gasteiger partial charge is 0.480 e. The van der Waals surface area contributed by atoms with E-state index in [1.54, 1.807) is 0 Å². The number of carboxylic acid groups (broad SMARTS) is 1. The summed E-state index contributed by atoms with van der Waals surface area (Å²) < 4.78 is 0. The van der Waals surface area contributed by atoms with Gasteiger partial charge in [0.15, 0.2) is 0 Å². The number of aliphatic carboxylic acids is 1. The molecular weight excluding hydrogens is 274 g/mol. The highest BCUT2D eigenvalue weighted by Gasteiger charge is 2.34. The second kappa shape index (κ2) is 6.78. The average Bonchev–Trinajstić information content (AvgIpc) is 3.04. The maximum atomic E-state index is 12.6. The van der Waals surface area contributed by atoms with Crippen LogP contribution in [0.3, 0.4) is 0 Å². The van der Waals surface area contributed by atoms with Gasteiger partial charge in [0.1, 0.15) is 13.1 Å². The summed E-state index contributed by atoms with van der Waals surface area (Å²) in [6.45, 7) is -0.00524. The highest BCUT2D eigenvalue weighted by molar-refractivity contribution is 5.85. The number of rotatable bonds is 7.